The summed E-state index contributed by atoms with van der Waals surface area (Å²) in [6.45, 7) is 6.42. The molecule has 2 rings (SSSR count). The van der Waals surface area contributed by atoms with E-state index in [1.807, 2.05) is 18.7 Å². The van der Waals surface area contributed by atoms with Crippen molar-refractivity contribution in [3.8, 4) is 0 Å². The highest BCUT2D eigenvalue weighted by molar-refractivity contribution is 5.79. The maximum atomic E-state index is 12.3. The minimum absolute atomic E-state index is 0.0173. The minimum atomic E-state index is -0.0173. The van der Waals surface area contributed by atoms with Crippen LogP contribution in [0.25, 0.3) is 0 Å². The van der Waals surface area contributed by atoms with E-state index < -0.39 is 0 Å². The lowest BCUT2D eigenvalue weighted by molar-refractivity contribution is -0.137. The maximum Gasteiger partial charge on any atom is 0.227 e. The average molecular weight is 262 g/mol. The molecule has 104 valence electrons. The molecule has 1 saturated heterocycles. The number of carbonyl (C=O) groups excluding carboxylic acids is 1. The van der Waals surface area contributed by atoms with Crippen molar-refractivity contribution in [2.24, 2.45) is 5.73 Å². The second-order valence-electron chi connectivity index (χ2n) is 5.17. The number of morpholine rings is 1. The van der Waals surface area contributed by atoms with Crippen molar-refractivity contribution < 1.29 is 9.53 Å². The van der Waals surface area contributed by atoms with Crippen LogP contribution in [0.3, 0.4) is 0 Å². The van der Waals surface area contributed by atoms with Gasteiger partial charge in [0, 0.05) is 19.6 Å². The Bertz CT molecular complexity index is 459. The van der Waals surface area contributed by atoms with Crippen molar-refractivity contribution in [3.05, 3.63) is 34.9 Å². The topological polar surface area (TPSA) is 55.6 Å². The Balaban J connectivity index is 2.02. The second kappa shape index (κ2) is 6.17. The Labute approximate surface area is 114 Å². The van der Waals surface area contributed by atoms with Gasteiger partial charge in [0.05, 0.1) is 19.1 Å². The number of nitrogens with two attached hydrogens (primary N) is 1. The molecule has 1 aromatic rings. The maximum absolute atomic E-state index is 12.3. The van der Waals surface area contributed by atoms with Crippen molar-refractivity contribution in [2.75, 3.05) is 26.2 Å². The van der Waals surface area contributed by atoms with Crippen molar-refractivity contribution in [3.63, 3.8) is 0 Å². The number of hydrogen-bond donors (Lipinski definition) is 1. The van der Waals surface area contributed by atoms with Crippen LogP contribution >= 0.6 is 0 Å². The van der Waals surface area contributed by atoms with E-state index in [0.29, 0.717) is 32.7 Å². The Kier molecular flexibility index (Phi) is 4.56. The van der Waals surface area contributed by atoms with Gasteiger partial charge in [0.2, 0.25) is 5.91 Å². The highest BCUT2D eigenvalue weighted by atomic mass is 16.5. The number of benzene rings is 1. The zero-order chi connectivity index (χ0) is 13.8. The Hall–Kier alpha value is -1.39. The molecule has 1 aliphatic rings. The molecule has 0 aliphatic carbocycles. The van der Waals surface area contributed by atoms with Gasteiger partial charge >= 0.3 is 0 Å². The van der Waals surface area contributed by atoms with Gasteiger partial charge in [0.1, 0.15) is 0 Å². The summed E-state index contributed by atoms with van der Waals surface area (Å²) in [4.78, 5) is 14.2. The molecule has 4 heteroatoms. The molecule has 0 bridgehead atoms. The van der Waals surface area contributed by atoms with Crippen LogP contribution < -0.4 is 5.73 Å². The zero-order valence-corrected chi connectivity index (χ0v) is 11.7. The first-order valence-electron chi connectivity index (χ1n) is 6.75. The van der Waals surface area contributed by atoms with Crippen LogP contribution in [0.15, 0.2) is 18.2 Å². The fourth-order valence-corrected chi connectivity index (χ4v) is 2.35. The molecular formula is C15H22N2O2. The molecule has 2 N–H and O–H groups in total. The standard InChI is InChI=1S/C15H22N2O2/c1-11-3-4-12(2)13(7-11)8-15(18)17-5-6-19-14(9-16)10-17/h3-4,7,14H,5-6,8-10,16H2,1-2H3/t14-/m0/s1. The van der Waals surface area contributed by atoms with Crippen LogP contribution in [-0.2, 0) is 16.0 Å². The lowest BCUT2D eigenvalue weighted by Crippen LogP contribution is -2.48. The van der Waals surface area contributed by atoms with Gasteiger partial charge in [-0.3, -0.25) is 4.79 Å². The fourth-order valence-electron chi connectivity index (χ4n) is 2.35. The second-order valence-corrected chi connectivity index (χ2v) is 5.17. The van der Waals surface area contributed by atoms with E-state index in [0.717, 1.165) is 5.56 Å². The molecule has 1 atom stereocenters. The van der Waals surface area contributed by atoms with E-state index in [4.69, 9.17) is 10.5 Å². The SMILES string of the molecule is Cc1ccc(C)c(CC(=O)N2CCO[C@@H](CN)C2)c1. The predicted molar refractivity (Wildman–Crippen MR) is 75.0 cm³/mol. The Morgan fingerprint density at radius 3 is 3.00 bits per heavy atom. The van der Waals surface area contributed by atoms with E-state index in [2.05, 4.69) is 18.2 Å². The summed E-state index contributed by atoms with van der Waals surface area (Å²) in [7, 11) is 0. The fraction of sp³-hybridized carbons (Fsp3) is 0.533. The van der Waals surface area contributed by atoms with Crippen molar-refractivity contribution in [1.29, 1.82) is 0 Å². The molecule has 1 aromatic carbocycles. The largest absolute Gasteiger partial charge is 0.373 e. The predicted octanol–water partition coefficient (Wildman–Crippen LogP) is 1.03. The van der Waals surface area contributed by atoms with Crippen molar-refractivity contribution in [2.45, 2.75) is 26.4 Å². The third-order valence-electron chi connectivity index (χ3n) is 3.60. The monoisotopic (exact) mass is 262 g/mol. The Morgan fingerprint density at radius 2 is 2.26 bits per heavy atom. The molecule has 19 heavy (non-hydrogen) atoms. The smallest absolute Gasteiger partial charge is 0.227 e. The molecule has 0 saturated carbocycles. The van der Waals surface area contributed by atoms with Crippen molar-refractivity contribution >= 4 is 5.91 Å². The first-order chi connectivity index (χ1) is 9.10. The third-order valence-corrected chi connectivity index (χ3v) is 3.60. The number of carbonyl (C=O) groups is 1. The third kappa shape index (κ3) is 3.55. The molecule has 1 amide bonds. The first kappa shape index (κ1) is 14.0. The summed E-state index contributed by atoms with van der Waals surface area (Å²) in [6, 6.07) is 6.23. The summed E-state index contributed by atoms with van der Waals surface area (Å²) in [5.74, 6) is 0.162. The van der Waals surface area contributed by atoms with Crippen LogP contribution in [0.4, 0.5) is 0 Å². The molecule has 0 spiro atoms. The lowest BCUT2D eigenvalue weighted by Gasteiger charge is -2.32. The molecule has 0 aromatic heterocycles. The number of nitrogens with zero attached hydrogens (tertiary/aromatic N) is 1. The normalized spacial score (nSPS) is 19.5. The van der Waals surface area contributed by atoms with Gasteiger partial charge in [-0.25, -0.2) is 0 Å². The minimum Gasteiger partial charge on any atom is -0.373 e. The van der Waals surface area contributed by atoms with Gasteiger partial charge in [0.15, 0.2) is 0 Å². The average Bonchev–Trinajstić information content (AvgIpc) is 2.43. The zero-order valence-electron chi connectivity index (χ0n) is 11.7. The quantitative estimate of drug-likeness (QED) is 0.885. The number of ether oxygens (including phenoxy) is 1. The first-order valence-corrected chi connectivity index (χ1v) is 6.75. The van der Waals surface area contributed by atoms with Crippen LogP contribution in [0.2, 0.25) is 0 Å². The van der Waals surface area contributed by atoms with E-state index >= 15 is 0 Å². The highest BCUT2D eigenvalue weighted by Crippen LogP contribution is 2.14. The number of amides is 1. The van der Waals surface area contributed by atoms with E-state index in [-0.39, 0.29) is 12.0 Å². The molecule has 1 aliphatic heterocycles. The number of rotatable bonds is 3. The molecular weight excluding hydrogens is 240 g/mol. The molecule has 1 fully saturated rings. The van der Waals surface area contributed by atoms with Crippen LogP contribution in [0.1, 0.15) is 16.7 Å². The molecule has 0 unspecified atom stereocenters. The van der Waals surface area contributed by atoms with Crippen molar-refractivity contribution in [1.82, 2.24) is 4.90 Å². The summed E-state index contributed by atoms with van der Waals surface area (Å²) in [5.41, 5.74) is 9.07. The van der Waals surface area contributed by atoms with Crippen LogP contribution in [0, 0.1) is 13.8 Å². The van der Waals surface area contributed by atoms with Crippen LogP contribution in [-0.4, -0.2) is 43.2 Å². The number of hydrogen-bond acceptors (Lipinski definition) is 3. The van der Waals surface area contributed by atoms with Gasteiger partial charge in [0.25, 0.3) is 0 Å². The summed E-state index contributed by atoms with van der Waals surface area (Å²) in [5, 5.41) is 0. The molecule has 1 heterocycles. The van der Waals surface area contributed by atoms with Gasteiger partial charge in [-0.05, 0) is 25.0 Å². The van der Waals surface area contributed by atoms with Gasteiger partial charge in [-0.1, -0.05) is 23.8 Å². The van der Waals surface area contributed by atoms with Gasteiger partial charge in [-0.15, -0.1) is 0 Å². The van der Waals surface area contributed by atoms with Gasteiger partial charge < -0.3 is 15.4 Å². The Morgan fingerprint density at radius 1 is 1.47 bits per heavy atom. The van der Waals surface area contributed by atoms with Crippen LogP contribution in [0.5, 0.6) is 0 Å². The summed E-state index contributed by atoms with van der Waals surface area (Å²) < 4.78 is 5.48. The highest BCUT2D eigenvalue weighted by Gasteiger charge is 2.23. The summed E-state index contributed by atoms with van der Waals surface area (Å²) >= 11 is 0. The van der Waals surface area contributed by atoms with E-state index in [9.17, 15) is 4.79 Å². The number of aryl methyl sites for hydroxylation is 2. The van der Waals surface area contributed by atoms with Gasteiger partial charge in [-0.2, -0.15) is 0 Å². The summed E-state index contributed by atoms with van der Waals surface area (Å²) in [6.07, 6.45) is 0.446. The molecule has 4 nitrogen and oxygen atoms in total. The van der Waals surface area contributed by atoms with E-state index in [1.54, 1.807) is 0 Å². The molecule has 0 radical (unpaired) electrons. The van der Waals surface area contributed by atoms with E-state index in [1.165, 1.54) is 11.1 Å². The lowest BCUT2D eigenvalue weighted by atomic mass is 10.0.